The lowest BCUT2D eigenvalue weighted by Gasteiger charge is -2.32. The number of benzene rings is 1. The third-order valence-corrected chi connectivity index (χ3v) is 4.56. The molecular formula is C18H16F3N3O3. The molecule has 1 aromatic carbocycles. The van der Waals surface area contributed by atoms with Crippen LogP contribution in [0.15, 0.2) is 36.4 Å². The Morgan fingerprint density at radius 1 is 1.04 bits per heavy atom. The van der Waals surface area contributed by atoms with Gasteiger partial charge in [-0.1, -0.05) is 18.2 Å². The number of nitrogens with zero attached hydrogens (tertiary/aromatic N) is 3. The maximum Gasteiger partial charge on any atom is 0.417 e. The molecule has 0 radical (unpaired) electrons. The highest BCUT2D eigenvalue weighted by atomic mass is 19.4. The fraction of sp³-hybridized carbons (Fsp3) is 0.333. The Bertz CT molecular complexity index is 845. The van der Waals surface area contributed by atoms with Crippen LogP contribution in [0.4, 0.5) is 19.0 Å². The molecule has 0 aliphatic carbocycles. The standard InChI is InChI=1S/C18H16F3N3O3/c19-18(20,21)13-4-2-1-3-12(13)16(25)11-7-9-24(10-8-11)15-6-5-14(17(26)27)22-23-15/h1-6,11H,7-10H2,(H,26,27). The lowest BCUT2D eigenvalue weighted by atomic mass is 9.87. The van der Waals surface area contributed by atoms with Crippen molar-refractivity contribution in [2.45, 2.75) is 19.0 Å². The van der Waals surface area contributed by atoms with Crippen molar-refractivity contribution in [2.75, 3.05) is 18.0 Å². The van der Waals surface area contributed by atoms with Gasteiger partial charge in [0.15, 0.2) is 17.3 Å². The number of alkyl halides is 3. The first-order chi connectivity index (χ1) is 12.8. The first-order valence-electron chi connectivity index (χ1n) is 8.30. The van der Waals surface area contributed by atoms with E-state index in [1.54, 1.807) is 0 Å². The van der Waals surface area contributed by atoms with E-state index in [1.165, 1.54) is 30.3 Å². The molecule has 2 heterocycles. The number of carboxylic acids is 1. The SMILES string of the molecule is O=C(O)c1ccc(N2CCC(C(=O)c3ccccc3C(F)(F)F)CC2)nn1. The van der Waals surface area contributed by atoms with Gasteiger partial charge in [-0.25, -0.2) is 4.79 Å². The molecule has 3 rings (SSSR count). The maximum atomic E-state index is 13.1. The predicted octanol–water partition coefficient (Wildman–Crippen LogP) is 3.29. The third-order valence-electron chi connectivity index (χ3n) is 4.56. The smallest absolute Gasteiger partial charge is 0.417 e. The minimum atomic E-state index is -4.57. The van der Waals surface area contributed by atoms with Gasteiger partial charge in [-0.05, 0) is 31.0 Å². The number of Topliss-reactive ketones (excluding diaryl/α,β-unsaturated/α-hetero) is 1. The number of carboxylic acid groups (broad SMARTS) is 1. The van der Waals surface area contributed by atoms with Crippen molar-refractivity contribution in [2.24, 2.45) is 5.92 Å². The molecule has 0 atom stereocenters. The summed E-state index contributed by atoms with van der Waals surface area (Å²) in [4.78, 5) is 25.3. The second-order valence-electron chi connectivity index (χ2n) is 6.25. The highest BCUT2D eigenvalue weighted by Gasteiger charge is 2.37. The molecule has 142 valence electrons. The van der Waals surface area contributed by atoms with Gasteiger partial charge in [-0.15, -0.1) is 10.2 Å². The average Bonchev–Trinajstić information content (AvgIpc) is 2.67. The van der Waals surface area contributed by atoms with Crippen molar-refractivity contribution in [1.82, 2.24) is 10.2 Å². The number of aromatic nitrogens is 2. The summed E-state index contributed by atoms with van der Waals surface area (Å²) in [6.45, 7) is 0.845. The van der Waals surface area contributed by atoms with E-state index in [9.17, 15) is 22.8 Å². The topological polar surface area (TPSA) is 83.4 Å². The van der Waals surface area contributed by atoms with Gasteiger partial charge in [0.05, 0.1) is 5.56 Å². The molecule has 0 bridgehead atoms. The highest BCUT2D eigenvalue weighted by Crippen LogP contribution is 2.34. The molecule has 27 heavy (non-hydrogen) atoms. The Kier molecular flexibility index (Phi) is 5.11. The second kappa shape index (κ2) is 7.34. The van der Waals surface area contributed by atoms with Crippen LogP contribution < -0.4 is 4.90 Å². The number of piperidine rings is 1. The number of hydrogen-bond donors (Lipinski definition) is 1. The number of carbonyl (C=O) groups is 2. The lowest BCUT2D eigenvalue weighted by molar-refractivity contribution is -0.137. The third kappa shape index (κ3) is 4.07. The molecule has 1 saturated heterocycles. The minimum Gasteiger partial charge on any atom is -0.476 e. The number of ketones is 1. The van der Waals surface area contributed by atoms with Gasteiger partial charge >= 0.3 is 12.1 Å². The summed E-state index contributed by atoms with van der Waals surface area (Å²) in [5, 5.41) is 16.3. The molecule has 1 fully saturated rings. The molecular weight excluding hydrogens is 363 g/mol. The molecule has 0 amide bonds. The van der Waals surface area contributed by atoms with E-state index < -0.39 is 29.4 Å². The van der Waals surface area contributed by atoms with Crippen LogP contribution in [0, 0.1) is 5.92 Å². The fourth-order valence-electron chi connectivity index (χ4n) is 3.14. The predicted molar refractivity (Wildman–Crippen MR) is 89.7 cm³/mol. The molecule has 0 saturated carbocycles. The van der Waals surface area contributed by atoms with E-state index >= 15 is 0 Å². The van der Waals surface area contributed by atoms with E-state index in [2.05, 4.69) is 10.2 Å². The van der Waals surface area contributed by atoms with Gasteiger partial charge in [0.1, 0.15) is 0 Å². The summed E-state index contributed by atoms with van der Waals surface area (Å²) in [7, 11) is 0. The zero-order chi connectivity index (χ0) is 19.6. The molecule has 6 nitrogen and oxygen atoms in total. The van der Waals surface area contributed by atoms with Crippen LogP contribution in [0.3, 0.4) is 0 Å². The van der Waals surface area contributed by atoms with Crippen LogP contribution in [-0.4, -0.2) is 40.1 Å². The van der Waals surface area contributed by atoms with Crippen LogP contribution in [0.1, 0.15) is 39.3 Å². The first kappa shape index (κ1) is 18.8. The normalized spacial score (nSPS) is 15.6. The van der Waals surface area contributed by atoms with E-state index in [0.29, 0.717) is 31.7 Å². The quantitative estimate of drug-likeness (QED) is 0.821. The van der Waals surface area contributed by atoms with Crippen LogP contribution in [0.2, 0.25) is 0 Å². The average molecular weight is 379 g/mol. The van der Waals surface area contributed by atoms with Gasteiger partial charge in [0, 0.05) is 24.6 Å². The Morgan fingerprint density at radius 2 is 1.70 bits per heavy atom. The number of halogens is 3. The van der Waals surface area contributed by atoms with Crippen LogP contribution in [0.25, 0.3) is 0 Å². The summed E-state index contributed by atoms with van der Waals surface area (Å²) < 4.78 is 39.4. The number of aromatic carboxylic acids is 1. The van der Waals surface area contributed by atoms with Crippen molar-refractivity contribution in [3.63, 3.8) is 0 Å². The summed E-state index contributed by atoms with van der Waals surface area (Å²) in [6.07, 6.45) is -3.81. The van der Waals surface area contributed by atoms with E-state index in [0.717, 1.165) is 6.07 Å². The van der Waals surface area contributed by atoms with Crippen molar-refractivity contribution in [1.29, 1.82) is 0 Å². The summed E-state index contributed by atoms with van der Waals surface area (Å²) >= 11 is 0. The van der Waals surface area contributed by atoms with Gasteiger partial charge in [-0.2, -0.15) is 13.2 Å². The van der Waals surface area contributed by atoms with Gasteiger partial charge in [-0.3, -0.25) is 4.79 Å². The number of hydrogen-bond acceptors (Lipinski definition) is 5. The molecule has 0 unspecified atom stereocenters. The summed E-state index contributed by atoms with van der Waals surface area (Å²) in [5.41, 5.74) is -1.38. The molecule has 1 aromatic heterocycles. The molecule has 1 aliphatic rings. The summed E-state index contributed by atoms with van der Waals surface area (Å²) in [5.74, 6) is -1.71. The Morgan fingerprint density at radius 3 is 2.26 bits per heavy atom. The van der Waals surface area contributed by atoms with Crippen LogP contribution >= 0.6 is 0 Å². The fourth-order valence-corrected chi connectivity index (χ4v) is 3.14. The van der Waals surface area contributed by atoms with Crippen molar-refractivity contribution < 1.29 is 27.9 Å². The maximum absolute atomic E-state index is 13.1. The van der Waals surface area contributed by atoms with Crippen LogP contribution in [-0.2, 0) is 6.18 Å². The zero-order valence-corrected chi connectivity index (χ0v) is 14.1. The Labute approximate surface area is 152 Å². The number of carbonyl (C=O) groups excluding carboxylic acids is 1. The van der Waals surface area contributed by atoms with Crippen molar-refractivity contribution in [3.8, 4) is 0 Å². The molecule has 0 spiro atoms. The van der Waals surface area contributed by atoms with Gasteiger partial charge in [0.25, 0.3) is 0 Å². The second-order valence-corrected chi connectivity index (χ2v) is 6.25. The van der Waals surface area contributed by atoms with Crippen molar-refractivity contribution in [3.05, 3.63) is 53.2 Å². The Balaban J connectivity index is 1.69. The van der Waals surface area contributed by atoms with E-state index in [4.69, 9.17) is 5.11 Å². The molecule has 1 N–H and O–H groups in total. The summed E-state index contributed by atoms with van der Waals surface area (Å²) in [6, 6.07) is 7.69. The van der Waals surface area contributed by atoms with Gasteiger partial charge < -0.3 is 10.0 Å². The van der Waals surface area contributed by atoms with Gasteiger partial charge in [0.2, 0.25) is 0 Å². The monoisotopic (exact) mass is 379 g/mol. The van der Waals surface area contributed by atoms with E-state index in [-0.39, 0.29) is 11.3 Å². The molecule has 1 aliphatic heterocycles. The van der Waals surface area contributed by atoms with Crippen LogP contribution in [0.5, 0.6) is 0 Å². The minimum absolute atomic E-state index is 0.174. The number of rotatable bonds is 4. The zero-order valence-electron chi connectivity index (χ0n) is 14.1. The largest absolute Gasteiger partial charge is 0.476 e. The number of anilines is 1. The van der Waals surface area contributed by atoms with E-state index in [1.807, 2.05) is 4.90 Å². The Hall–Kier alpha value is -2.97. The molecule has 9 heteroatoms. The van der Waals surface area contributed by atoms with Crippen molar-refractivity contribution >= 4 is 17.6 Å². The highest BCUT2D eigenvalue weighted by molar-refractivity contribution is 5.99. The lowest BCUT2D eigenvalue weighted by Crippen LogP contribution is -2.37. The first-order valence-corrected chi connectivity index (χ1v) is 8.30. The molecule has 2 aromatic rings.